The number of aromatic amines is 1. The van der Waals surface area contributed by atoms with Gasteiger partial charge in [-0.3, -0.25) is 0 Å². The van der Waals surface area contributed by atoms with E-state index in [0.717, 1.165) is 66.5 Å². The number of likely N-dealkylation sites (tertiary alicyclic amines) is 1. The van der Waals surface area contributed by atoms with Gasteiger partial charge < -0.3 is 15.2 Å². The number of H-pyrrole nitrogens is 1. The Labute approximate surface area is 166 Å². The summed E-state index contributed by atoms with van der Waals surface area (Å²) in [7, 11) is 0. The number of amides is 2. The van der Waals surface area contributed by atoms with Crippen molar-refractivity contribution >= 4 is 17.1 Å². The van der Waals surface area contributed by atoms with Crippen LogP contribution in [0.3, 0.4) is 0 Å². The first-order valence-electron chi connectivity index (χ1n) is 11.2. The van der Waals surface area contributed by atoms with Crippen molar-refractivity contribution in [3.8, 4) is 0 Å². The molecule has 7 rings (SSSR count). The lowest BCUT2D eigenvalue weighted by atomic mass is 9.54. The number of nitrogens with zero attached hydrogens (tertiary/aromatic N) is 2. The van der Waals surface area contributed by atoms with E-state index in [1.165, 1.54) is 32.1 Å². The van der Waals surface area contributed by atoms with E-state index in [4.69, 9.17) is 4.98 Å². The fourth-order valence-electron chi connectivity index (χ4n) is 6.92. The number of carbonyl (C=O) groups is 1. The van der Waals surface area contributed by atoms with Crippen LogP contribution in [0.1, 0.15) is 56.7 Å². The molecule has 4 saturated carbocycles. The molecule has 4 bridgehead atoms. The monoisotopic (exact) mass is 378 g/mol. The van der Waals surface area contributed by atoms with Gasteiger partial charge >= 0.3 is 6.03 Å². The summed E-state index contributed by atoms with van der Waals surface area (Å²) in [6.07, 6.45) is 8.86. The summed E-state index contributed by atoms with van der Waals surface area (Å²) in [6.45, 7) is 1.67. The summed E-state index contributed by atoms with van der Waals surface area (Å²) < 4.78 is 0. The normalized spacial score (nSPS) is 34.9. The summed E-state index contributed by atoms with van der Waals surface area (Å²) >= 11 is 0. The highest BCUT2D eigenvalue weighted by Crippen LogP contribution is 2.53. The van der Waals surface area contributed by atoms with Gasteiger partial charge in [-0.25, -0.2) is 9.78 Å². The minimum absolute atomic E-state index is 0.181. The second kappa shape index (κ2) is 6.50. The van der Waals surface area contributed by atoms with E-state index in [1.807, 2.05) is 17.0 Å². The number of fused-ring (bicyclic) bond motifs is 1. The Kier molecular flexibility index (Phi) is 3.92. The number of carbonyl (C=O) groups excluding carboxylic acids is 1. The molecular formula is C23H30N4O. The van der Waals surface area contributed by atoms with E-state index in [0.29, 0.717) is 12.0 Å². The van der Waals surface area contributed by atoms with Gasteiger partial charge in [-0.1, -0.05) is 12.1 Å². The van der Waals surface area contributed by atoms with Gasteiger partial charge in [-0.15, -0.1) is 0 Å². The standard InChI is InChI=1S/C23H30N4O/c28-23(26-21-17-10-14-9-15(12-17)13-18(21)11-14)27-7-5-16(6-8-27)22-24-19-3-1-2-4-20(19)25-22/h1-4,14-18,21H,5-13H2,(H,24,25)(H,26,28). The number of benzene rings is 1. The van der Waals surface area contributed by atoms with Crippen LogP contribution in [0.4, 0.5) is 4.79 Å². The first-order valence-corrected chi connectivity index (χ1v) is 11.2. The third-order valence-electron chi connectivity index (χ3n) is 8.09. The lowest BCUT2D eigenvalue weighted by Gasteiger charge is -2.54. The second-order valence-electron chi connectivity index (χ2n) is 9.81. The molecule has 0 radical (unpaired) electrons. The van der Waals surface area contributed by atoms with Crippen molar-refractivity contribution in [3.05, 3.63) is 30.1 Å². The lowest BCUT2D eigenvalue weighted by molar-refractivity contribution is -0.0113. The van der Waals surface area contributed by atoms with Crippen LogP contribution in [-0.4, -0.2) is 40.0 Å². The van der Waals surface area contributed by atoms with E-state index in [2.05, 4.69) is 22.4 Å². The summed E-state index contributed by atoms with van der Waals surface area (Å²) in [5, 5.41) is 3.47. The molecule has 0 unspecified atom stereocenters. The molecule has 5 aliphatic rings. The molecule has 2 aromatic rings. The van der Waals surface area contributed by atoms with Crippen molar-refractivity contribution in [2.24, 2.45) is 23.7 Å². The van der Waals surface area contributed by atoms with Crippen LogP contribution in [0.15, 0.2) is 24.3 Å². The van der Waals surface area contributed by atoms with Gasteiger partial charge in [0.15, 0.2) is 0 Å². The fourth-order valence-corrected chi connectivity index (χ4v) is 6.92. The van der Waals surface area contributed by atoms with E-state index in [9.17, 15) is 4.79 Å². The summed E-state index contributed by atoms with van der Waals surface area (Å²) in [5.41, 5.74) is 2.15. The van der Waals surface area contributed by atoms with Gasteiger partial charge in [0.1, 0.15) is 5.82 Å². The number of aromatic nitrogens is 2. The molecule has 5 heteroatoms. The minimum Gasteiger partial charge on any atom is -0.342 e. The van der Waals surface area contributed by atoms with Crippen LogP contribution in [0, 0.1) is 23.7 Å². The van der Waals surface area contributed by atoms with Crippen LogP contribution in [-0.2, 0) is 0 Å². The highest BCUT2D eigenvalue weighted by Gasteiger charge is 2.48. The molecular weight excluding hydrogens is 348 g/mol. The van der Waals surface area contributed by atoms with E-state index in [1.54, 1.807) is 0 Å². The van der Waals surface area contributed by atoms with Crippen molar-refractivity contribution in [2.75, 3.05) is 13.1 Å². The molecule has 5 fully saturated rings. The van der Waals surface area contributed by atoms with Crippen molar-refractivity contribution in [1.29, 1.82) is 0 Å². The molecule has 2 N–H and O–H groups in total. The summed E-state index contributed by atoms with van der Waals surface area (Å²) in [5.74, 6) is 4.91. The molecule has 0 spiro atoms. The van der Waals surface area contributed by atoms with Crippen LogP contribution < -0.4 is 5.32 Å². The SMILES string of the molecule is O=C(NC1C2CC3CC(C2)CC1C3)N1CCC(c2nc3ccccc3[nH]2)CC1. The maximum absolute atomic E-state index is 13.0. The molecule has 0 atom stereocenters. The number of rotatable bonds is 2. The molecule has 2 amide bonds. The third kappa shape index (κ3) is 2.82. The van der Waals surface area contributed by atoms with E-state index < -0.39 is 0 Å². The Hall–Kier alpha value is -2.04. The number of para-hydroxylation sites is 2. The predicted molar refractivity (Wildman–Crippen MR) is 109 cm³/mol. The Morgan fingerprint density at radius 1 is 1.00 bits per heavy atom. The van der Waals surface area contributed by atoms with Crippen LogP contribution in [0.25, 0.3) is 11.0 Å². The molecule has 4 aliphatic carbocycles. The Balaban J connectivity index is 1.08. The Morgan fingerprint density at radius 3 is 2.36 bits per heavy atom. The maximum Gasteiger partial charge on any atom is 0.317 e. The van der Waals surface area contributed by atoms with Gasteiger partial charge in [0.05, 0.1) is 11.0 Å². The number of hydrogen-bond acceptors (Lipinski definition) is 2. The zero-order valence-corrected chi connectivity index (χ0v) is 16.4. The highest BCUT2D eigenvalue weighted by atomic mass is 16.2. The number of urea groups is 1. The zero-order valence-electron chi connectivity index (χ0n) is 16.4. The maximum atomic E-state index is 13.0. The van der Waals surface area contributed by atoms with Crippen molar-refractivity contribution in [2.45, 2.75) is 56.9 Å². The number of imidazole rings is 1. The minimum atomic E-state index is 0.181. The lowest BCUT2D eigenvalue weighted by Crippen LogP contribution is -2.58. The van der Waals surface area contributed by atoms with Crippen molar-refractivity contribution in [3.63, 3.8) is 0 Å². The average molecular weight is 379 g/mol. The zero-order chi connectivity index (χ0) is 18.7. The number of nitrogens with one attached hydrogen (secondary N) is 2. The number of hydrogen-bond donors (Lipinski definition) is 2. The van der Waals surface area contributed by atoms with Gasteiger partial charge in [0.2, 0.25) is 0 Å². The molecule has 2 heterocycles. The topological polar surface area (TPSA) is 61.0 Å². The first kappa shape index (κ1) is 16.9. The van der Waals surface area contributed by atoms with Gasteiger partial charge in [0.25, 0.3) is 0 Å². The molecule has 1 aromatic heterocycles. The second-order valence-corrected chi connectivity index (χ2v) is 9.81. The van der Waals surface area contributed by atoms with E-state index in [-0.39, 0.29) is 6.03 Å². The van der Waals surface area contributed by atoms with E-state index >= 15 is 0 Å². The first-order chi connectivity index (χ1) is 13.7. The van der Waals surface area contributed by atoms with Crippen LogP contribution in [0.5, 0.6) is 0 Å². The molecule has 1 aliphatic heterocycles. The Bertz CT molecular complexity index is 821. The smallest absolute Gasteiger partial charge is 0.317 e. The predicted octanol–water partition coefficient (Wildman–Crippen LogP) is 4.28. The van der Waals surface area contributed by atoms with Gasteiger partial charge in [-0.2, -0.15) is 0 Å². The summed E-state index contributed by atoms with van der Waals surface area (Å²) in [6, 6.07) is 8.84. The van der Waals surface area contributed by atoms with Gasteiger partial charge in [-0.05, 0) is 80.8 Å². The summed E-state index contributed by atoms with van der Waals surface area (Å²) in [4.78, 5) is 23.3. The largest absolute Gasteiger partial charge is 0.342 e. The third-order valence-corrected chi connectivity index (χ3v) is 8.09. The molecule has 28 heavy (non-hydrogen) atoms. The average Bonchev–Trinajstić information content (AvgIpc) is 3.14. The van der Waals surface area contributed by atoms with Crippen molar-refractivity contribution < 1.29 is 4.79 Å². The van der Waals surface area contributed by atoms with Crippen molar-refractivity contribution in [1.82, 2.24) is 20.2 Å². The quantitative estimate of drug-likeness (QED) is 0.819. The molecule has 1 aromatic carbocycles. The molecule has 1 saturated heterocycles. The van der Waals surface area contributed by atoms with Gasteiger partial charge in [0, 0.05) is 25.0 Å². The van der Waals surface area contributed by atoms with Crippen LogP contribution >= 0.6 is 0 Å². The number of piperidine rings is 1. The highest BCUT2D eigenvalue weighted by molar-refractivity contribution is 5.75. The molecule has 5 nitrogen and oxygen atoms in total. The van der Waals surface area contributed by atoms with Crippen LogP contribution in [0.2, 0.25) is 0 Å². The Morgan fingerprint density at radius 2 is 1.68 bits per heavy atom. The molecule has 148 valence electrons. The fraction of sp³-hybridized carbons (Fsp3) is 0.652.